The van der Waals surface area contributed by atoms with Crippen molar-refractivity contribution >= 4 is 45.2 Å². The first-order valence-electron chi connectivity index (χ1n) is 13.2. The average molecular weight is 531 g/mol. The third-order valence-electron chi connectivity index (χ3n) is 8.11. The highest BCUT2D eigenvalue weighted by atomic mass is 35.5. The second-order valence-electron chi connectivity index (χ2n) is 10.5. The van der Waals surface area contributed by atoms with E-state index in [1.807, 2.05) is 41.9 Å². The van der Waals surface area contributed by atoms with Gasteiger partial charge in [-0.05, 0) is 68.2 Å². The summed E-state index contributed by atoms with van der Waals surface area (Å²) in [4.78, 5) is 30.8. The van der Waals surface area contributed by atoms with Crippen LogP contribution >= 0.6 is 11.6 Å². The first-order chi connectivity index (χ1) is 18.3. The fraction of sp³-hybridized carbons (Fsp3) is 0.333. The van der Waals surface area contributed by atoms with Crippen molar-refractivity contribution in [1.82, 2.24) is 19.7 Å². The number of aromatic nitrogens is 1. The lowest BCUT2D eigenvalue weighted by molar-refractivity contribution is 0.0880. The van der Waals surface area contributed by atoms with Crippen molar-refractivity contribution in [3.05, 3.63) is 64.2 Å². The number of rotatable bonds is 6. The quantitative estimate of drug-likeness (QED) is 0.276. The molecule has 0 spiro atoms. The zero-order chi connectivity index (χ0) is 26.6. The smallest absolute Gasteiger partial charge is 0.259 e. The van der Waals surface area contributed by atoms with E-state index in [0.717, 1.165) is 74.0 Å². The second-order valence-corrected chi connectivity index (χ2v) is 10.9. The predicted octanol–water partition coefficient (Wildman–Crippen LogP) is 4.81. The molecule has 0 unspecified atom stereocenters. The van der Waals surface area contributed by atoms with Crippen LogP contribution in [0.25, 0.3) is 32.9 Å². The number of phenols is 1. The molecule has 0 radical (unpaired) electrons. The summed E-state index contributed by atoms with van der Waals surface area (Å²) in [5.41, 5.74) is 4.61. The SMILES string of the molecule is CN1CCN(CCCCc2cc3c(cc2O)c2c4c(c(-c5ccccc5Cl)cc2n3C)C(=O)NC4=O)CC1. The molecule has 1 aromatic heterocycles. The molecule has 2 aliphatic heterocycles. The number of phenolic OH excluding ortho intramolecular Hbond substituents is 1. The molecule has 7 nitrogen and oxygen atoms in total. The van der Waals surface area contributed by atoms with Gasteiger partial charge in [-0.3, -0.25) is 14.9 Å². The Morgan fingerprint density at radius 2 is 1.63 bits per heavy atom. The van der Waals surface area contributed by atoms with Gasteiger partial charge in [0.2, 0.25) is 0 Å². The molecular weight excluding hydrogens is 500 g/mol. The molecule has 8 heteroatoms. The van der Waals surface area contributed by atoms with Gasteiger partial charge in [0.05, 0.1) is 16.6 Å². The van der Waals surface area contributed by atoms with Gasteiger partial charge in [0.15, 0.2) is 0 Å². The fourth-order valence-electron chi connectivity index (χ4n) is 5.94. The lowest BCUT2D eigenvalue weighted by Crippen LogP contribution is -2.44. The predicted molar refractivity (Wildman–Crippen MR) is 151 cm³/mol. The number of unbranched alkanes of at least 4 members (excludes halogenated alkanes) is 1. The number of aryl methyl sites for hydroxylation is 2. The normalized spacial score (nSPS) is 16.5. The molecule has 0 atom stereocenters. The van der Waals surface area contributed by atoms with Crippen molar-refractivity contribution in [2.24, 2.45) is 7.05 Å². The maximum absolute atomic E-state index is 13.0. The first-order valence-corrected chi connectivity index (χ1v) is 13.5. The lowest BCUT2D eigenvalue weighted by atomic mass is 9.92. The van der Waals surface area contributed by atoms with Gasteiger partial charge in [-0.25, -0.2) is 0 Å². The Balaban J connectivity index is 1.38. The molecule has 0 saturated carbocycles. The Morgan fingerprint density at radius 1 is 0.895 bits per heavy atom. The van der Waals surface area contributed by atoms with E-state index in [4.69, 9.17) is 11.6 Å². The van der Waals surface area contributed by atoms with Gasteiger partial charge in [0.25, 0.3) is 11.8 Å². The van der Waals surface area contributed by atoms with Crippen molar-refractivity contribution in [2.45, 2.75) is 19.3 Å². The van der Waals surface area contributed by atoms with E-state index in [1.54, 1.807) is 12.1 Å². The minimum absolute atomic E-state index is 0.221. The van der Waals surface area contributed by atoms with Crippen LogP contribution in [0.5, 0.6) is 5.75 Å². The van der Waals surface area contributed by atoms with E-state index >= 15 is 0 Å². The maximum Gasteiger partial charge on any atom is 0.259 e. The number of imide groups is 1. The van der Waals surface area contributed by atoms with Gasteiger partial charge in [-0.15, -0.1) is 0 Å². The summed E-state index contributed by atoms with van der Waals surface area (Å²) in [6, 6.07) is 13.0. The lowest BCUT2D eigenvalue weighted by Gasteiger charge is -2.32. The average Bonchev–Trinajstić information content (AvgIpc) is 3.35. The van der Waals surface area contributed by atoms with E-state index in [2.05, 4.69) is 22.2 Å². The van der Waals surface area contributed by atoms with Crippen molar-refractivity contribution in [2.75, 3.05) is 39.8 Å². The molecule has 3 aromatic carbocycles. The highest BCUT2D eigenvalue weighted by Crippen LogP contribution is 2.43. The maximum atomic E-state index is 13.0. The van der Waals surface area contributed by atoms with E-state index in [-0.39, 0.29) is 5.75 Å². The molecule has 3 heterocycles. The van der Waals surface area contributed by atoms with Crippen molar-refractivity contribution in [1.29, 1.82) is 0 Å². The third-order valence-corrected chi connectivity index (χ3v) is 8.44. The number of aromatic hydroxyl groups is 1. The molecule has 2 N–H and O–H groups in total. The van der Waals surface area contributed by atoms with Gasteiger partial charge in [0.1, 0.15) is 5.75 Å². The Hall–Kier alpha value is -3.39. The molecular formula is C30H31ClN4O3. The summed E-state index contributed by atoms with van der Waals surface area (Å²) >= 11 is 6.51. The van der Waals surface area contributed by atoms with Crippen LogP contribution in [0.15, 0.2) is 42.5 Å². The zero-order valence-corrected chi connectivity index (χ0v) is 22.4. The van der Waals surface area contributed by atoms with Crippen LogP contribution < -0.4 is 5.32 Å². The number of piperazine rings is 1. The van der Waals surface area contributed by atoms with Crippen LogP contribution in [0.3, 0.4) is 0 Å². The first kappa shape index (κ1) is 24.9. The molecule has 2 aliphatic rings. The summed E-state index contributed by atoms with van der Waals surface area (Å²) in [6.45, 7) is 5.53. The Labute approximate surface area is 226 Å². The van der Waals surface area contributed by atoms with Gasteiger partial charge in [-0.1, -0.05) is 29.8 Å². The van der Waals surface area contributed by atoms with E-state index in [1.165, 1.54) is 0 Å². The summed E-state index contributed by atoms with van der Waals surface area (Å²) in [5.74, 6) is -0.637. The van der Waals surface area contributed by atoms with Crippen LogP contribution in [-0.2, 0) is 13.5 Å². The molecule has 4 aromatic rings. The number of nitrogens with one attached hydrogen (secondary N) is 1. The molecule has 1 fully saturated rings. The zero-order valence-electron chi connectivity index (χ0n) is 21.7. The number of benzene rings is 3. The number of carbonyl (C=O) groups excluding carboxylic acids is 2. The monoisotopic (exact) mass is 530 g/mol. The van der Waals surface area contributed by atoms with Crippen molar-refractivity contribution in [3.8, 4) is 16.9 Å². The number of nitrogens with zero attached hydrogens (tertiary/aromatic N) is 3. The number of halogens is 1. The summed E-state index contributed by atoms with van der Waals surface area (Å²) in [5, 5.41) is 15.4. The fourth-order valence-corrected chi connectivity index (χ4v) is 6.18. The standard InChI is InChI=1S/C30H31ClN4O3/c1-33-11-13-35(14-12-33)10-6-5-7-18-15-23-21(17-25(18)36)26-24(34(23)2)16-20(19-8-3-4-9-22(19)31)27-28(26)30(38)32-29(27)37/h3-4,8-9,15-17,36H,5-7,10-14H2,1-2H3,(H,32,37,38). The van der Waals surface area contributed by atoms with Gasteiger partial charge in [-0.2, -0.15) is 0 Å². The molecule has 6 rings (SSSR count). The molecule has 0 bridgehead atoms. The van der Waals surface area contributed by atoms with E-state index < -0.39 is 11.8 Å². The topological polar surface area (TPSA) is 77.8 Å². The largest absolute Gasteiger partial charge is 0.508 e. The Morgan fingerprint density at radius 3 is 2.39 bits per heavy atom. The minimum Gasteiger partial charge on any atom is -0.508 e. The van der Waals surface area contributed by atoms with Gasteiger partial charge >= 0.3 is 0 Å². The van der Waals surface area contributed by atoms with E-state index in [0.29, 0.717) is 32.7 Å². The highest BCUT2D eigenvalue weighted by molar-refractivity contribution is 6.36. The minimum atomic E-state index is -0.431. The molecule has 0 aliphatic carbocycles. The molecule has 38 heavy (non-hydrogen) atoms. The summed E-state index contributed by atoms with van der Waals surface area (Å²) in [7, 11) is 4.12. The number of hydrogen-bond acceptors (Lipinski definition) is 5. The number of carbonyl (C=O) groups is 2. The van der Waals surface area contributed by atoms with Crippen LogP contribution in [0.2, 0.25) is 5.02 Å². The van der Waals surface area contributed by atoms with Crippen LogP contribution in [0, 0.1) is 0 Å². The second kappa shape index (κ2) is 9.73. The molecule has 1 saturated heterocycles. The van der Waals surface area contributed by atoms with Crippen molar-refractivity contribution < 1.29 is 14.7 Å². The molecule has 196 valence electrons. The Kier molecular flexibility index (Phi) is 6.38. The van der Waals surface area contributed by atoms with Gasteiger partial charge in [0, 0.05) is 60.1 Å². The summed E-state index contributed by atoms with van der Waals surface area (Å²) in [6.07, 6.45) is 2.84. The highest BCUT2D eigenvalue weighted by Gasteiger charge is 2.34. The summed E-state index contributed by atoms with van der Waals surface area (Å²) < 4.78 is 2.04. The number of amides is 2. The van der Waals surface area contributed by atoms with Crippen LogP contribution in [-0.4, -0.2) is 71.1 Å². The van der Waals surface area contributed by atoms with Gasteiger partial charge < -0.3 is 19.5 Å². The molecule has 2 amide bonds. The van der Waals surface area contributed by atoms with Crippen LogP contribution in [0.1, 0.15) is 39.1 Å². The van der Waals surface area contributed by atoms with Crippen molar-refractivity contribution in [3.63, 3.8) is 0 Å². The van der Waals surface area contributed by atoms with Crippen LogP contribution in [0.4, 0.5) is 0 Å². The third kappa shape index (κ3) is 4.15. The number of fused-ring (bicyclic) bond motifs is 5. The Bertz CT molecular complexity index is 1600. The number of hydrogen-bond donors (Lipinski definition) is 2. The van der Waals surface area contributed by atoms with E-state index in [9.17, 15) is 14.7 Å². The number of likely N-dealkylation sites (N-methyl/N-ethyl adjacent to an activating group) is 1.